The number of carbonyl (C=O) groups excluding carboxylic acids is 1. The van der Waals surface area contributed by atoms with Crippen LogP contribution in [0, 0.1) is 0 Å². The average Bonchev–Trinajstić information content (AvgIpc) is 2.40. The van der Waals surface area contributed by atoms with Crippen LogP contribution in [0.5, 0.6) is 0 Å². The zero-order chi connectivity index (χ0) is 13.0. The van der Waals surface area contributed by atoms with Crippen molar-refractivity contribution < 1.29 is 19.7 Å². The molecule has 1 aliphatic rings. The lowest BCUT2D eigenvalue weighted by atomic mass is 10.1. The fourth-order valence-electron chi connectivity index (χ4n) is 1.90. The predicted molar refractivity (Wildman–Crippen MR) is 64.8 cm³/mol. The Morgan fingerprint density at radius 2 is 2.00 bits per heavy atom. The summed E-state index contributed by atoms with van der Waals surface area (Å²) in [5, 5.41) is 18.8. The highest BCUT2D eigenvalue weighted by molar-refractivity contribution is 5.67. The fourth-order valence-corrected chi connectivity index (χ4v) is 1.90. The standard InChI is InChI=1S/C13H17NO4/c15-11-6-7-14(8-12(11)16)13(17)18-9-10-4-2-1-3-5-10/h1-5,11-12,15-16H,6-9H2/t11-,12+/m1/s1. The summed E-state index contributed by atoms with van der Waals surface area (Å²) in [6.45, 7) is 0.745. The minimum absolute atomic E-state index is 0.120. The molecule has 0 bridgehead atoms. The number of benzene rings is 1. The summed E-state index contributed by atoms with van der Waals surface area (Å²) in [6, 6.07) is 9.41. The summed E-state index contributed by atoms with van der Waals surface area (Å²) < 4.78 is 5.15. The van der Waals surface area contributed by atoms with E-state index in [4.69, 9.17) is 4.74 Å². The van der Waals surface area contributed by atoms with E-state index in [-0.39, 0.29) is 13.2 Å². The topological polar surface area (TPSA) is 70.0 Å². The highest BCUT2D eigenvalue weighted by Gasteiger charge is 2.29. The Morgan fingerprint density at radius 1 is 1.28 bits per heavy atom. The first-order valence-corrected chi connectivity index (χ1v) is 5.98. The molecule has 0 radical (unpaired) electrons. The summed E-state index contributed by atoms with van der Waals surface area (Å²) in [4.78, 5) is 13.2. The molecule has 0 unspecified atom stereocenters. The van der Waals surface area contributed by atoms with Crippen LogP contribution in [-0.4, -0.2) is 46.5 Å². The lowest BCUT2D eigenvalue weighted by Gasteiger charge is -2.32. The molecule has 1 aromatic rings. The zero-order valence-corrected chi connectivity index (χ0v) is 10.0. The van der Waals surface area contributed by atoms with Crippen molar-refractivity contribution in [3.05, 3.63) is 35.9 Å². The number of aliphatic hydroxyl groups is 2. The third-order valence-corrected chi connectivity index (χ3v) is 3.01. The SMILES string of the molecule is O=C(OCc1ccccc1)N1CC[C@@H](O)[C@@H](O)C1. The van der Waals surface area contributed by atoms with Gasteiger partial charge in [-0.05, 0) is 12.0 Å². The molecular formula is C13H17NO4. The first kappa shape index (κ1) is 12.9. The van der Waals surface area contributed by atoms with Crippen LogP contribution in [0.4, 0.5) is 4.79 Å². The second-order valence-electron chi connectivity index (χ2n) is 4.41. The number of rotatable bonds is 2. The molecular weight excluding hydrogens is 234 g/mol. The van der Waals surface area contributed by atoms with E-state index in [1.165, 1.54) is 4.90 Å². The van der Waals surface area contributed by atoms with Gasteiger partial charge in [-0.15, -0.1) is 0 Å². The van der Waals surface area contributed by atoms with Crippen LogP contribution in [0.25, 0.3) is 0 Å². The average molecular weight is 251 g/mol. The Hall–Kier alpha value is -1.59. The van der Waals surface area contributed by atoms with Gasteiger partial charge >= 0.3 is 6.09 Å². The Balaban J connectivity index is 1.82. The van der Waals surface area contributed by atoms with Crippen LogP contribution in [0.2, 0.25) is 0 Å². The minimum atomic E-state index is -0.886. The van der Waals surface area contributed by atoms with Crippen LogP contribution in [0.15, 0.2) is 30.3 Å². The smallest absolute Gasteiger partial charge is 0.410 e. The Kier molecular flexibility index (Phi) is 4.17. The quantitative estimate of drug-likeness (QED) is 0.813. The minimum Gasteiger partial charge on any atom is -0.445 e. The number of ether oxygens (including phenoxy) is 1. The van der Waals surface area contributed by atoms with Gasteiger partial charge in [-0.1, -0.05) is 30.3 Å². The normalized spacial score (nSPS) is 23.8. The summed E-state index contributed by atoms with van der Waals surface area (Å²) in [7, 11) is 0. The largest absolute Gasteiger partial charge is 0.445 e. The Labute approximate surface area is 106 Å². The Morgan fingerprint density at radius 3 is 2.67 bits per heavy atom. The Bertz CT molecular complexity index is 395. The van der Waals surface area contributed by atoms with E-state index in [1.54, 1.807) is 0 Å². The molecule has 0 aliphatic carbocycles. The van der Waals surface area contributed by atoms with Crippen molar-refractivity contribution in [1.29, 1.82) is 0 Å². The monoisotopic (exact) mass is 251 g/mol. The van der Waals surface area contributed by atoms with Crippen molar-refractivity contribution in [3.63, 3.8) is 0 Å². The molecule has 1 aromatic carbocycles. The number of hydrogen-bond donors (Lipinski definition) is 2. The summed E-state index contributed by atoms with van der Waals surface area (Å²) in [5.41, 5.74) is 0.920. The number of nitrogens with zero attached hydrogens (tertiary/aromatic N) is 1. The zero-order valence-electron chi connectivity index (χ0n) is 10.0. The fraction of sp³-hybridized carbons (Fsp3) is 0.462. The molecule has 0 spiro atoms. The van der Waals surface area contributed by atoms with Crippen LogP contribution >= 0.6 is 0 Å². The molecule has 5 nitrogen and oxygen atoms in total. The second kappa shape index (κ2) is 5.84. The van der Waals surface area contributed by atoms with Gasteiger partial charge in [0, 0.05) is 6.54 Å². The number of aliphatic hydroxyl groups excluding tert-OH is 2. The van der Waals surface area contributed by atoms with E-state index in [0.717, 1.165) is 5.56 Å². The molecule has 2 rings (SSSR count). The maximum Gasteiger partial charge on any atom is 0.410 e. The summed E-state index contributed by atoms with van der Waals surface area (Å²) in [5.74, 6) is 0. The highest BCUT2D eigenvalue weighted by atomic mass is 16.6. The van der Waals surface area contributed by atoms with E-state index in [9.17, 15) is 15.0 Å². The van der Waals surface area contributed by atoms with Gasteiger partial charge < -0.3 is 19.8 Å². The highest BCUT2D eigenvalue weighted by Crippen LogP contribution is 2.12. The second-order valence-corrected chi connectivity index (χ2v) is 4.41. The van der Waals surface area contributed by atoms with Gasteiger partial charge in [0.05, 0.1) is 18.8 Å². The summed E-state index contributed by atoms with van der Waals surface area (Å²) >= 11 is 0. The lowest BCUT2D eigenvalue weighted by Crippen LogP contribution is -2.49. The molecule has 0 saturated carbocycles. The molecule has 1 heterocycles. The third-order valence-electron chi connectivity index (χ3n) is 3.01. The summed E-state index contributed by atoms with van der Waals surface area (Å²) in [6.07, 6.45) is -1.71. The van der Waals surface area contributed by atoms with E-state index in [0.29, 0.717) is 13.0 Å². The molecule has 0 aromatic heterocycles. The van der Waals surface area contributed by atoms with E-state index >= 15 is 0 Å². The maximum absolute atomic E-state index is 11.7. The number of likely N-dealkylation sites (tertiary alicyclic amines) is 1. The number of amides is 1. The first-order valence-electron chi connectivity index (χ1n) is 5.98. The number of carbonyl (C=O) groups is 1. The number of piperidine rings is 1. The van der Waals surface area contributed by atoms with Gasteiger partial charge in [0.2, 0.25) is 0 Å². The first-order chi connectivity index (χ1) is 8.66. The number of hydrogen-bond acceptors (Lipinski definition) is 4. The van der Waals surface area contributed by atoms with E-state index in [2.05, 4.69) is 0 Å². The number of β-amino-alcohol motifs (C(OH)–C–C–N with tert-alkyl or cyclic N) is 1. The third kappa shape index (κ3) is 3.21. The van der Waals surface area contributed by atoms with Crippen molar-refractivity contribution in [2.24, 2.45) is 0 Å². The van der Waals surface area contributed by atoms with Gasteiger partial charge in [-0.2, -0.15) is 0 Å². The molecule has 1 saturated heterocycles. The van der Waals surface area contributed by atoms with Crippen molar-refractivity contribution in [1.82, 2.24) is 4.90 Å². The van der Waals surface area contributed by atoms with Crippen molar-refractivity contribution >= 4 is 6.09 Å². The molecule has 5 heteroatoms. The molecule has 2 atom stereocenters. The molecule has 18 heavy (non-hydrogen) atoms. The molecule has 1 aliphatic heterocycles. The van der Waals surface area contributed by atoms with Gasteiger partial charge in [0.1, 0.15) is 6.61 Å². The van der Waals surface area contributed by atoms with Gasteiger partial charge in [0.15, 0.2) is 0 Å². The van der Waals surface area contributed by atoms with E-state index in [1.807, 2.05) is 30.3 Å². The van der Waals surface area contributed by atoms with Crippen LogP contribution < -0.4 is 0 Å². The molecule has 2 N–H and O–H groups in total. The van der Waals surface area contributed by atoms with Gasteiger partial charge in [0.25, 0.3) is 0 Å². The lowest BCUT2D eigenvalue weighted by molar-refractivity contribution is -0.0371. The predicted octanol–water partition coefficient (Wildman–Crippen LogP) is 0.751. The van der Waals surface area contributed by atoms with Crippen molar-refractivity contribution in [2.75, 3.05) is 13.1 Å². The molecule has 1 fully saturated rings. The van der Waals surface area contributed by atoms with Crippen molar-refractivity contribution in [2.45, 2.75) is 25.2 Å². The molecule has 1 amide bonds. The van der Waals surface area contributed by atoms with Gasteiger partial charge in [-0.3, -0.25) is 0 Å². The van der Waals surface area contributed by atoms with E-state index < -0.39 is 18.3 Å². The van der Waals surface area contributed by atoms with Crippen molar-refractivity contribution in [3.8, 4) is 0 Å². The molecule has 98 valence electrons. The van der Waals surface area contributed by atoms with Crippen LogP contribution in [-0.2, 0) is 11.3 Å². The van der Waals surface area contributed by atoms with Crippen LogP contribution in [0.1, 0.15) is 12.0 Å². The van der Waals surface area contributed by atoms with Crippen LogP contribution in [0.3, 0.4) is 0 Å². The van der Waals surface area contributed by atoms with Gasteiger partial charge in [-0.25, -0.2) is 4.79 Å². The maximum atomic E-state index is 11.7.